The van der Waals surface area contributed by atoms with Crippen LogP contribution in [-0.4, -0.2) is 60.4 Å². The molecule has 1 aliphatic heterocycles. The van der Waals surface area contributed by atoms with Crippen LogP contribution in [0, 0.1) is 11.6 Å². The fourth-order valence-corrected chi connectivity index (χ4v) is 5.46. The number of piperazine rings is 1. The maximum absolute atomic E-state index is 13.5. The smallest absolute Gasteiger partial charge is 0.238 e. The first-order chi connectivity index (χ1) is 18.7. The molecule has 4 rings (SSSR count). The van der Waals surface area contributed by atoms with Gasteiger partial charge in [-0.25, -0.2) is 8.78 Å². The number of nitrogens with zero attached hydrogens (tertiary/aromatic N) is 2. The van der Waals surface area contributed by atoms with E-state index < -0.39 is 11.9 Å². The molecule has 3 N–H and O–H groups in total. The van der Waals surface area contributed by atoms with E-state index in [0.717, 1.165) is 17.5 Å². The SMILES string of the molecule is NC(=O)[C@@H]1CN(CC(=O)Nc2c(Cl)cccc2Cl)CCN1CCCC(c1ccc(F)cc1)c1ccc(F)cc1. The Kier molecular flexibility index (Phi) is 9.91. The fraction of sp³-hybridized carbons (Fsp3) is 0.310. The van der Waals surface area contributed by atoms with E-state index in [1.165, 1.54) is 24.3 Å². The van der Waals surface area contributed by atoms with Gasteiger partial charge in [0.05, 0.1) is 22.3 Å². The number of primary amides is 1. The number of benzene rings is 3. The lowest BCUT2D eigenvalue weighted by Crippen LogP contribution is -2.59. The summed E-state index contributed by atoms with van der Waals surface area (Å²) in [7, 11) is 0. The molecule has 0 bridgehead atoms. The lowest BCUT2D eigenvalue weighted by molar-refractivity contribution is -0.127. The van der Waals surface area contributed by atoms with Crippen LogP contribution < -0.4 is 11.1 Å². The van der Waals surface area contributed by atoms with Gasteiger partial charge in [-0.15, -0.1) is 0 Å². The Morgan fingerprint density at radius 3 is 2.03 bits per heavy atom. The molecule has 2 amide bonds. The maximum Gasteiger partial charge on any atom is 0.238 e. The second kappa shape index (κ2) is 13.3. The summed E-state index contributed by atoms with van der Waals surface area (Å²) < 4.78 is 27.1. The first kappa shape index (κ1) is 29.0. The first-order valence-corrected chi connectivity index (χ1v) is 13.5. The van der Waals surface area contributed by atoms with Gasteiger partial charge in [0.1, 0.15) is 17.7 Å². The molecule has 3 aromatic rings. The van der Waals surface area contributed by atoms with Gasteiger partial charge >= 0.3 is 0 Å². The van der Waals surface area contributed by atoms with Gasteiger partial charge in [0.15, 0.2) is 0 Å². The Morgan fingerprint density at radius 2 is 1.49 bits per heavy atom. The molecule has 0 radical (unpaired) electrons. The molecule has 0 unspecified atom stereocenters. The molecule has 0 spiro atoms. The molecule has 10 heteroatoms. The van der Waals surface area contributed by atoms with Crippen LogP contribution in [0.1, 0.15) is 29.9 Å². The van der Waals surface area contributed by atoms with Crippen molar-refractivity contribution in [3.8, 4) is 0 Å². The Hall–Kier alpha value is -3.04. The van der Waals surface area contributed by atoms with Gasteiger partial charge in [-0.2, -0.15) is 0 Å². The summed E-state index contributed by atoms with van der Waals surface area (Å²) in [6.45, 7) is 2.13. The van der Waals surface area contributed by atoms with Crippen molar-refractivity contribution in [1.29, 1.82) is 0 Å². The van der Waals surface area contributed by atoms with Crippen molar-refractivity contribution in [1.82, 2.24) is 9.80 Å². The Balaban J connectivity index is 1.36. The molecular weight excluding hydrogens is 545 g/mol. The van der Waals surface area contributed by atoms with Crippen molar-refractivity contribution >= 4 is 40.7 Å². The molecule has 3 aromatic carbocycles. The standard InChI is InChI=1S/C29H30Cl2F2N4O2/c30-24-4-1-5-25(31)28(24)35-27(38)18-36-15-16-37(26(17-36)29(34)39)14-2-3-23(19-6-10-21(32)11-7-19)20-8-12-22(33)13-9-20/h1,4-13,23,26H,2-3,14-18H2,(H2,34,39)(H,35,38)/t26-/m0/s1. The van der Waals surface area contributed by atoms with E-state index in [1.807, 2.05) is 9.80 Å². The lowest BCUT2D eigenvalue weighted by Gasteiger charge is -2.39. The zero-order valence-corrected chi connectivity index (χ0v) is 22.8. The summed E-state index contributed by atoms with van der Waals surface area (Å²) >= 11 is 12.3. The Labute approximate surface area is 236 Å². The van der Waals surface area contributed by atoms with E-state index >= 15 is 0 Å². The van der Waals surface area contributed by atoms with Crippen molar-refractivity contribution in [3.63, 3.8) is 0 Å². The minimum absolute atomic E-state index is 0.0557. The number of halogens is 4. The van der Waals surface area contributed by atoms with Crippen LogP contribution in [-0.2, 0) is 9.59 Å². The lowest BCUT2D eigenvalue weighted by atomic mass is 9.87. The van der Waals surface area contributed by atoms with E-state index in [-0.39, 0.29) is 30.0 Å². The number of hydrogen-bond acceptors (Lipinski definition) is 4. The Bertz CT molecular complexity index is 1230. The van der Waals surface area contributed by atoms with Gasteiger partial charge in [-0.3, -0.25) is 19.4 Å². The Morgan fingerprint density at radius 1 is 0.923 bits per heavy atom. The topological polar surface area (TPSA) is 78.7 Å². The zero-order valence-electron chi connectivity index (χ0n) is 21.3. The molecule has 206 valence electrons. The average Bonchev–Trinajstić information content (AvgIpc) is 2.91. The highest BCUT2D eigenvalue weighted by atomic mass is 35.5. The van der Waals surface area contributed by atoms with Gasteiger partial charge in [-0.1, -0.05) is 53.5 Å². The van der Waals surface area contributed by atoms with E-state index in [9.17, 15) is 18.4 Å². The number of para-hydroxylation sites is 1. The molecule has 0 aromatic heterocycles. The predicted molar refractivity (Wildman–Crippen MR) is 150 cm³/mol. The van der Waals surface area contributed by atoms with E-state index in [4.69, 9.17) is 28.9 Å². The fourth-order valence-electron chi connectivity index (χ4n) is 4.97. The normalized spacial score (nSPS) is 16.4. The van der Waals surface area contributed by atoms with Crippen molar-refractivity contribution in [3.05, 3.63) is 99.5 Å². The van der Waals surface area contributed by atoms with E-state index in [1.54, 1.807) is 42.5 Å². The number of anilines is 1. The van der Waals surface area contributed by atoms with Crippen LogP contribution in [0.3, 0.4) is 0 Å². The molecule has 0 saturated carbocycles. The first-order valence-electron chi connectivity index (χ1n) is 12.7. The predicted octanol–water partition coefficient (Wildman–Crippen LogP) is 5.29. The summed E-state index contributed by atoms with van der Waals surface area (Å²) in [6, 6.07) is 17.1. The summed E-state index contributed by atoms with van der Waals surface area (Å²) in [6.07, 6.45) is 1.44. The van der Waals surface area contributed by atoms with Gasteiger partial charge in [0.2, 0.25) is 11.8 Å². The number of nitrogens with two attached hydrogens (primary N) is 1. The highest BCUT2D eigenvalue weighted by Gasteiger charge is 2.31. The van der Waals surface area contributed by atoms with Crippen LogP contribution in [0.25, 0.3) is 0 Å². The van der Waals surface area contributed by atoms with Crippen LogP contribution in [0.5, 0.6) is 0 Å². The van der Waals surface area contributed by atoms with Crippen molar-refractivity contribution < 1.29 is 18.4 Å². The van der Waals surface area contributed by atoms with Crippen LogP contribution in [0.2, 0.25) is 10.0 Å². The molecule has 39 heavy (non-hydrogen) atoms. The van der Waals surface area contributed by atoms with E-state index in [2.05, 4.69) is 5.32 Å². The number of amides is 2. The molecule has 1 saturated heterocycles. The van der Waals surface area contributed by atoms with Crippen molar-refractivity contribution in [2.75, 3.05) is 38.0 Å². The molecule has 0 aliphatic carbocycles. The highest BCUT2D eigenvalue weighted by Crippen LogP contribution is 2.31. The monoisotopic (exact) mass is 574 g/mol. The summed E-state index contributed by atoms with van der Waals surface area (Å²) in [5.74, 6) is -1.43. The average molecular weight is 575 g/mol. The van der Waals surface area contributed by atoms with Crippen LogP contribution >= 0.6 is 23.2 Å². The molecule has 1 aliphatic rings. The van der Waals surface area contributed by atoms with Gasteiger partial charge < -0.3 is 11.1 Å². The quantitative estimate of drug-likeness (QED) is 0.344. The third-order valence-electron chi connectivity index (χ3n) is 6.98. The minimum Gasteiger partial charge on any atom is -0.368 e. The molecule has 1 atom stereocenters. The van der Waals surface area contributed by atoms with Crippen LogP contribution in [0.15, 0.2) is 66.7 Å². The summed E-state index contributed by atoms with van der Waals surface area (Å²) in [5, 5.41) is 3.43. The number of rotatable bonds is 10. The highest BCUT2D eigenvalue weighted by molar-refractivity contribution is 6.39. The second-order valence-corrected chi connectivity index (χ2v) is 10.4. The number of carbonyl (C=O) groups is 2. The van der Waals surface area contributed by atoms with Crippen molar-refractivity contribution in [2.24, 2.45) is 5.73 Å². The number of carbonyl (C=O) groups excluding carboxylic acids is 2. The molecule has 1 fully saturated rings. The molecular formula is C29H30Cl2F2N4O2. The summed E-state index contributed by atoms with van der Waals surface area (Å²) in [4.78, 5) is 28.9. The number of nitrogens with one attached hydrogen (secondary N) is 1. The third kappa shape index (κ3) is 7.76. The van der Waals surface area contributed by atoms with Gasteiger partial charge in [-0.05, 0) is 66.9 Å². The zero-order chi connectivity index (χ0) is 27.9. The minimum atomic E-state index is -0.550. The second-order valence-electron chi connectivity index (χ2n) is 9.63. The van der Waals surface area contributed by atoms with E-state index in [0.29, 0.717) is 48.3 Å². The maximum atomic E-state index is 13.5. The van der Waals surface area contributed by atoms with Gasteiger partial charge in [0, 0.05) is 25.6 Å². The molecule has 6 nitrogen and oxygen atoms in total. The molecule has 1 heterocycles. The van der Waals surface area contributed by atoms with Crippen molar-refractivity contribution in [2.45, 2.75) is 24.8 Å². The summed E-state index contributed by atoms with van der Waals surface area (Å²) in [5.41, 5.74) is 7.96. The number of hydrogen-bond donors (Lipinski definition) is 2. The van der Waals surface area contributed by atoms with Crippen LogP contribution in [0.4, 0.5) is 14.5 Å². The van der Waals surface area contributed by atoms with Gasteiger partial charge in [0.25, 0.3) is 0 Å². The largest absolute Gasteiger partial charge is 0.368 e. The third-order valence-corrected chi connectivity index (χ3v) is 7.61.